The third kappa shape index (κ3) is 5.98. The maximum Gasteiger partial charge on any atom is 0.258 e. The zero-order valence-electron chi connectivity index (χ0n) is 15.5. The lowest BCUT2D eigenvalue weighted by atomic mass is 10.2. The van der Waals surface area contributed by atoms with Crippen LogP contribution >= 0.6 is 23.8 Å². The normalized spacial score (nSPS) is 11.0. The van der Waals surface area contributed by atoms with Crippen LogP contribution in [0.4, 0.5) is 5.69 Å². The maximum atomic E-state index is 12.7. The molecule has 0 radical (unpaired) electrons. The smallest absolute Gasteiger partial charge is 0.258 e. The Morgan fingerprint density at radius 3 is 2.21 bits per heavy atom. The number of hydrogen-bond donors (Lipinski definition) is 2. The van der Waals surface area contributed by atoms with E-state index < -0.39 is 15.9 Å². The molecule has 6 nitrogen and oxygen atoms in total. The second-order valence-electron chi connectivity index (χ2n) is 5.81. The van der Waals surface area contributed by atoms with E-state index in [0.717, 1.165) is 0 Å². The van der Waals surface area contributed by atoms with Crippen molar-refractivity contribution in [2.45, 2.75) is 4.90 Å². The summed E-state index contributed by atoms with van der Waals surface area (Å²) in [5.74, 6) is -0.447. The summed E-state index contributed by atoms with van der Waals surface area (Å²) in [6.07, 6.45) is 3.02. The van der Waals surface area contributed by atoms with Crippen molar-refractivity contribution < 1.29 is 13.2 Å². The van der Waals surface area contributed by atoms with E-state index in [1.54, 1.807) is 36.4 Å². The molecule has 29 heavy (non-hydrogen) atoms. The summed E-state index contributed by atoms with van der Waals surface area (Å²) in [6, 6.07) is 12.6. The molecule has 0 aliphatic heterocycles. The molecular formula is C20H20ClN3O3S2. The quantitative estimate of drug-likeness (QED) is 0.473. The fraction of sp³-hybridized carbons (Fsp3) is 0.100. The van der Waals surface area contributed by atoms with E-state index in [1.165, 1.54) is 28.6 Å². The Kier molecular flexibility index (Phi) is 8.10. The van der Waals surface area contributed by atoms with Gasteiger partial charge in [0.1, 0.15) is 0 Å². The summed E-state index contributed by atoms with van der Waals surface area (Å²) < 4.78 is 26.6. The minimum Gasteiger partial charge on any atom is -0.332 e. The minimum absolute atomic E-state index is 0.0606. The van der Waals surface area contributed by atoms with Gasteiger partial charge in [-0.25, -0.2) is 8.42 Å². The number of carbonyl (C=O) groups is 1. The molecule has 0 aliphatic carbocycles. The van der Waals surface area contributed by atoms with E-state index >= 15 is 0 Å². The van der Waals surface area contributed by atoms with Crippen molar-refractivity contribution in [3.05, 3.63) is 84.4 Å². The molecule has 9 heteroatoms. The van der Waals surface area contributed by atoms with Crippen LogP contribution in [0, 0.1) is 0 Å². The predicted molar refractivity (Wildman–Crippen MR) is 121 cm³/mol. The lowest BCUT2D eigenvalue weighted by Gasteiger charge is -2.19. The number of halogens is 1. The summed E-state index contributed by atoms with van der Waals surface area (Å²) in [5, 5.41) is 5.74. The summed E-state index contributed by atoms with van der Waals surface area (Å²) in [5.41, 5.74) is 0.816. The van der Waals surface area contributed by atoms with E-state index in [-0.39, 0.29) is 23.1 Å². The molecule has 0 saturated carbocycles. The molecule has 2 N–H and O–H groups in total. The Morgan fingerprint density at radius 2 is 1.66 bits per heavy atom. The van der Waals surface area contributed by atoms with Gasteiger partial charge in [0.2, 0.25) is 10.0 Å². The van der Waals surface area contributed by atoms with Crippen LogP contribution in [0.1, 0.15) is 10.4 Å². The second kappa shape index (κ2) is 10.3. The van der Waals surface area contributed by atoms with Gasteiger partial charge in [-0.2, -0.15) is 4.31 Å². The van der Waals surface area contributed by atoms with Gasteiger partial charge < -0.3 is 5.32 Å². The number of hydrogen-bond acceptors (Lipinski definition) is 4. The van der Waals surface area contributed by atoms with Crippen molar-refractivity contribution in [1.29, 1.82) is 0 Å². The van der Waals surface area contributed by atoms with Gasteiger partial charge in [0, 0.05) is 18.8 Å². The molecule has 1 amide bonds. The van der Waals surface area contributed by atoms with Crippen molar-refractivity contribution in [3.8, 4) is 0 Å². The largest absolute Gasteiger partial charge is 0.332 e. The first-order valence-electron chi connectivity index (χ1n) is 8.48. The second-order valence-corrected chi connectivity index (χ2v) is 8.57. The van der Waals surface area contributed by atoms with Crippen molar-refractivity contribution >= 4 is 50.5 Å². The minimum atomic E-state index is -3.68. The molecule has 0 aliphatic rings. The molecule has 0 fully saturated rings. The van der Waals surface area contributed by atoms with Crippen LogP contribution in [-0.4, -0.2) is 36.8 Å². The molecule has 0 unspecified atom stereocenters. The zero-order chi connectivity index (χ0) is 21.4. The molecule has 0 atom stereocenters. The van der Waals surface area contributed by atoms with E-state index in [0.29, 0.717) is 16.3 Å². The highest BCUT2D eigenvalue weighted by Gasteiger charge is 2.22. The highest BCUT2D eigenvalue weighted by atomic mass is 35.5. The average molecular weight is 450 g/mol. The number of benzene rings is 2. The summed E-state index contributed by atoms with van der Waals surface area (Å²) in [4.78, 5) is 12.3. The van der Waals surface area contributed by atoms with E-state index in [4.69, 9.17) is 23.8 Å². The molecule has 2 aromatic rings. The van der Waals surface area contributed by atoms with Gasteiger partial charge in [0.15, 0.2) is 5.11 Å². The first kappa shape index (κ1) is 22.8. The van der Waals surface area contributed by atoms with Gasteiger partial charge in [-0.1, -0.05) is 35.9 Å². The number of carbonyl (C=O) groups excluding carboxylic acids is 1. The molecule has 152 valence electrons. The number of thiocarbonyl (C=S) groups is 1. The molecule has 2 rings (SSSR count). The van der Waals surface area contributed by atoms with Crippen LogP contribution in [0.5, 0.6) is 0 Å². The summed E-state index contributed by atoms with van der Waals surface area (Å²) in [6.45, 7) is 7.51. The Hall–Kier alpha value is -2.52. The van der Waals surface area contributed by atoms with Crippen LogP contribution in [0.25, 0.3) is 0 Å². The lowest BCUT2D eigenvalue weighted by Crippen LogP contribution is -2.34. The first-order valence-corrected chi connectivity index (χ1v) is 10.7. The van der Waals surface area contributed by atoms with Crippen LogP contribution < -0.4 is 10.6 Å². The van der Waals surface area contributed by atoms with E-state index in [9.17, 15) is 13.2 Å². The Bertz CT molecular complexity index is 1010. The number of anilines is 1. The van der Waals surface area contributed by atoms with Crippen LogP contribution in [0.15, 0.2) is 78.7 Å². The third-order valence-electron chi connectivity index (χ3n) is 3.76. The number of nitrogens with zero attached hydrogens (tertiary/aromatic N) is 1. The SMILES string of the molecule is C=CCN(CC=C)S(=O)(=O)c1ccc(NC(=S)NC(=O)c2ccccc2Cl)cc1. The number of amides is 1. The molecule has 0 heterocycles. The van der Waals surface area contributed by atoms with Crippen LogP contribution in [0.3, 0.4) is 0 Å². The van der Waals surface area contributed by atoms with Gasteiger partial charge in [0.05, 0.1) is 15.5 Å². The molecule has 0 spiro atoms. The number of nitrogens with one attached hydrogen (secondary N) is 2. The van der Waals surface area contributed by atoms with Crippen LogP contribution in [-0.2, 0) is 10.0 Å². The predicted octanol–water partition coefficient (Wildman–Crippen LogP) is 3.83. The van der Waals surface area contributed by atoms with Gasteiger partial charge >= 0.3 is 0 Å². The van der Waals surface area contributed by atoms with Crippen molar-refractivity contribution in [2.24, 2.45) is 0 Å². The first-order chi connectivity index (χ1) is 13.8. The third-order valence-corrected chi connectivity index (χ3v) is 6.14. The Balaban J connectivity index is 2.07. The number of sulfonamides is 1. The van der Waals surface area contributed by atoms with E-state index in [1.807, 2.05) is 0 Å². The highest BCUT2D eigenvalue weighted by Crippen LogP contribution is 2.19. The number of rotatable bonds is 8. The van der Waals surface area contributed by atoms with Crippen molar-refractivity contribution in [2.75, 3.05) is 18.4 Å². The van der Waals surface area contributed by atoms with Crippen molar-refractivity contribution in [3.63, 3.8) is 0 Å². The average Bonchev–Trinajstić information content (AvgIpc) is 2.68. The van der Waals surface area contributed by atoms with Gasteiger partial charge in [-0.15, -0.1) is 13.2 Å². The lowest BCUT2D eigenvalue weighted by molar-refractivity contribution is 0.0978. The van der Waals surface area contributed by atoms with Gasteiger partial charge in [-0.3, -0.25) is 10.1 Å². The van der Waals surface area contributed by atoms with E-state index in [2.05, 4.69) is 23.8 Å². The molecule has 0 saturated heterocycles. The topological polar surface area (TPSA) is 78.5 Å². The van der Waals surface area contributed by atoms with Crippen molar-refractivity contribution in [1.82, 2.24) is 9.62 Å². The maximum absolute atomic E-state index is 12.7. The molecule has 2 aromatic carbocycles. The summed E-state index contributed by atoms with van der Waals surface area (Å²) in [7, 11) is -3.68. The fourth-order valence-electron chi connectivity index (χ4n) is 2.40. The van der Waals surface area contributed by atoms with Gasteiger partial charge in [-0.05, 0) is 48.6 Å². The van der Waals surface area contributed by atoms with Gasteiger partial charge in [0.25, 0.3) is 5.91 Å². The Morgan fingerprint density at radius 1 is 1.07 bits per heavy atom. The molecule has 0 aromatic heterocycles. The summed E-state index contributed by atoms with van der Waals surface area (Å²) >= 11 is 11.1. The Labute approximate surface area is 180 Å². The standard InChI is InChI=1S/C20H20ClN3O3S2/c1-3-13-24(14-4-2)29(26,27)16-11-9-15(10-12-16)22-20(28)23-19(25)17-7-5-6-8-18(17)21/h3-12H,1-2,13-14H2,(H2,22,23,25,28). The fourth-order valence-corrected chi connectivity index (χ4v) is 4.21. The molecule has 0 bridgehead atoms. The molecular weight excluding hydrogens is 430 g/mol. The zero-order valence-corrected chi connectivity index (χ0v) is 17.9. The van der Waals surface area contributed by atoms with Crippen LogP contribution in [0.2, 0.25) is 5.02 Å². The highest BCUT2D eigenvalue weighted by molar-refractivity contribution is 7.89. The monoisotopic (exact) mass is 449 g/mol.